The van der Waals surface area contributed by atoms with Gasteiger partial charge in [-0.05, 0) is 41.2 Å². The summed E-state index contributed by atoms with van der Waals surface area (Å²) < 4.78 is 0. The summed E-state index contributed by atoms with van der Waals surface area (Å²) in [6.07, 6.45) is 2.23. The highest BCUT2D eigenvalue weighted by atomic mass is 16.2. The van der Waals surface area contributed by atoms with Crippen LogP contribution in [-0.4, -0.2) is 29.9 Å². The molecule has 126 valence electrons. The fourth-order valence-corrected chi connectivity index (χ4v) is 3.34. The van der Waals surface area contributed by atoms with E-state index in [4.69, 9.17) is 5.73 Å². The Morgan fingerprint density at radius 3 is 2.75 bits per heavy atom. The monoisotopic (exact) mass is 325 g/mol. The van der Waals surface area contributed by atoms with E-state index in [0.29, 0.717) is 19.5 Å². The fourth-order valence-electron chi connectivity index (χ4n) is 3.34. The van der Waals surface area contributed by atoms with Gasteiger partial charge in [-0.2, -0.15) is 0 Å². The van der Waals surface area contributed by atoms with E-state index in [2.05, 4.69) is 29.6 Å². The molecule has 1 saturated heterocycles. The Balaban J connectivity index is 1.56. The summed E-state index contributed by atoms with van der Waals surface area (Å²) in [5.74, 6) is -0.110. The molecule has 24 heavy (non-hydrogen) atoms. The van der Waals surface area contributed by atoms with Crippen LogP contribution in [0.15, 0.2) is 42.5 Å². The molecule has 3 amide bonds. The van der Waals surface area contributed by atoms with E-state index in [1.807, 2.05) is 18.2 Å². The number of carbonyl (C=O) groups excluding carboxylic acids is 2. The standard InChI is InChI=1S/C19H23N3O2/c20-18(23)11-15-4-3-9-22(13-15)19(24)21-12-14-7-8-16-5-1-2-6-17(16)10-14/h1-2,5-8,10,15H,3-4,9,11-13H2,(H2,20,23)(H,21,24)/t15-/m0/s1. The van der Waals surface area contributed by atoms with Crippen LogP contribution in [0.5, 0.6) is 0 Å². The molecule has 1 aliphatic heterocycles. The number of likely N-dealkylation sites (tertiary alicyclic amines) is 1. The van der Waals surface area contributed by atoms with Crippen molar-refractivity contribution in [2.24, 2.45) is 11.7 Å². The summed E-state index contributed by atoms with van der Waals surface area (Å²) in [6, 6.07) is 14.3. The van der Waals surface area contributed by atoms with E-state index < -0.39 is 0 Å². The number of nitrogens with zero attached hydrogens (tertiary/aromatic N) is 1. The Labute approximate surface area is 141 Å². The molecular weight excluding hydrogens is 302 g/mol. The van der Waals surface area contributed by atoms with Crippen LogP contribution in [0.2, 0.25) is 0 Å². The predicted molar refractivity (Wildman–Crippen MR) is 94.3 cm³/mol. The molecule has 3 rings (SSSR count). The number of benzene rings is 2. The lowest BCUT2D eigenvalue weighted by Gasteiger charge is -2.32. The number of nitrogens with two attached hydrogens (primary N) is 1. The number of rotatable bonds is 4. The zero-order valence-corrected chi connectivity index (χ0v) is 13.7. The molecule has 0 bridgehead atoms. The molecule has 1 heterocycles. The van der Waals surface area contributed by atoms with Crippen molar-refractivity contribution < 1.29 is 9.59 Å². The van der Waals surface area contributed by atoms with Gasteiger partial charge in [0, 0.05) is 26.1 Å². The minimum Gasteiger partial charge on any atom is -0.370 e. The topological polar surface area (TPSA) is 75.4 Å². The Bertz CT molecular complexity index is 744. The Hall–Kier alpha value is -2.56. The van der Waals surface area contributed by atoms with Gasteiger partial charge in [0.05, 0.1) is 0 Å². The van der Waals surface area contributed by atoms with E-state index in [9.17, 15) is 9.59 Å². The second-order valence-corrected chi connectivity index (χ2v) is 6.46. The first kappa shape index (κ1) is 16.3. The van der Waals surface area contributed by atoms with Crippen LogP contribution in [0.3, 0.4) is 0 Å². The minimum atomic E-state index is -0.293. The van der Waals surface area contributed by atoms with Gasteiger partial charge in [0.2, 0.25) is 5.91 Å². The summed E-state index contributed by atoms with van der Waals surface area (Å²) in [5, 5.41) is 5.34. The van der Waals surface area contributed by atoms with Crippen LogP contribution >= 0.6 is 0 Å². The second-order valence-electron chi connectivity index (χ2n) is 6.46. The molecule has 0 aromatic heterocycles. The van der Waals surface area contributed by atoms with Gasteiger partial charge in [0.1, 0.15) is 0 Å². The molecule has 0 aliphatic carbocycles. The molecule has 5 nitrogen and oxygen atoms in total. The number of hydrogen-bond acceptors (Lipinski definition) is 2. The van der Waals surface area contributed by atoms with Gasteiger partial charge in [0.25, 0.3) is 0 Å². The lowest BCUT2D eigenvalue weighted by molar-refractivity contribution is -0.119. The zero-order chi connectivity index (χ0) is 16.9. The van der Waals surface area contributed by atoms with Crippen molar-refractivity contribution in [3.63, 3.8) is 0 Å². The molecule has 0 unspecified atom stereocenters. The molecule has 5 heteroatoms. The highest BCUT2D eigenvalue weighted by molar-refractivity contribution is 5.83. The summed E-state index contributed by atoms with van der Waals surface area (Å²) in [7, 11) is 0. The largest absolute Gasteiger partial charge is 0.370 e. The molecular formula is C19H23N3O2. The molecule has 0 spiro atoms. The van der Waals surface area contributed by atoms with Crippen molar-refractivity contribution in [2.45, 2.75) is 25.8 Å². The van der Waals surface area contributed by atoms with Crippen molar-refractivity contribution in [1.82, 2.24) is 10.2 Å². The van der Waals surface area contributed by atoms with Crippen LogP contribution in [-0.2, 0) is 11.3 Å². The third kappa shape index (κ3) is 4.04. The third-order valence-electron chi connectivity index (χ3n) is 4.55. The quantitative estimate of drug-likeness (QED) is 0.907. The number of fused-ring (bicyclic) bond motifs is 1. The molecule has 1 aliphatic rings. The number of hydrogen-bond donors (Lipinski definition) is 2. The second kappa shape index (κ2) is 7.34. The number of piperidine rings is 1. The van der Waals surface area contributed by atoms with Gasteiger partial charge in [-0.1, -0.05) is 36.4 Å². The van der Waals surface area contributed by atoms with E-state index in [-0.39, 0.29) is 17.9 Å². The number of urea groups is 1. The smallest absolute Gasteiger partial charge is 0.317 e. The first-order chi connectivity index (χ1) is 11.6. The molecule has 2 aromatic rings. The van der Waals surface area contributed by atoms with E-state index in [1.165, 1.54) is 10.8 Å². The highest BCUT2D eigenvalue weighted by Crippen LogP contribution is 2.20. The lowest BCUT2D eigenvalue weighted by Crippen LogP contribution is -2.45. The van der Waals surface area contributed by atoms with Gasteiger partial charge < -0.3 is 16.0 Å². The number of primary amides is 1. The number of carbonyl (C=O) groups is 2. The fraction of sp³-hybridized carbons (Fsp3) is 0.368. The molecule has 0 radical (unpaired) electrons. The summed E-state index contributed by atoms with van der Waals surface area (Å²) >= 11 is 0. The molecule has 0 saturated carbocycles. The Kier molecular flexibility index (Phi) is 4.99. The molecule has 2 aromatic carbocycles. The number of amides is 3. The van der Waals surface area contributed by atoms with Crippen LogP contribution in [0.4, 0.5) is 4.79 Å². The summed E-state index contributed by atoms with van der Waals surface area (Å²) in [4.78, 5) is 25.2. The van der Waals surface area contributed by atoms with Gasteiger partial charge in [-0.15, -0.1) is 0 Å². The maximum Gasteiger partial charge on any atom is 0.317 e. The first-order valence-corrected chi connectivity index (χ1v) is 8.40. The molecule has 1 fully saturated rings. The van der Waals surface area contributed by atoms with Crippen molar-refractivity contribution in [3.8, 4) is 0 Å². The average molecular weight is 325 g/mol. The first-order valence-electron chi connectivity index (χ1n) is 8.40. The van der Waals surface area contributed by atoms with Gasteiger partial charge in [-0.3, -0.25) is 4.79 Å². The van der Waals surface area contributed by atoms with Crippen LogP contribution in [0, 0.1) is 5.92 Å². The highest BCUT2D eigenvalue weighted by Gasteiger charge is 2.24. The Morgan fingerprint density at radius 2 is 1.96 bits per heavy atom. The van der Waals surface area contributed by atoms with Crippen LogP contribution in [0.25, 0.3) is 10.8 Å². The third-order valence-corrected chi connectivity index (χ3v) is 4.55. The zero-order valence-electron chi connectivity index (χ0n) is 13.7. The van der Waals surface area contributed by atoms with E-state index >= 15 is 0 Å². The summed E-state index contributed by atoms with van der Waals surface area (Å²) in [5.41, 5.74) is 6.34. The Morgan fingerprint density at radius 1 is 1.17 bits per heavy atom. The normalized spacial score (nSPS) is 17.7. The maximum absolute atomic E-state index is 12.4. The average Bonchev–Trinajstić information content (AvgIpc) is 2.59. The predicted octanol–water partition coefficient (Wildman–Crippen LogP) is 2.64. The van der Waals surface area contributed by atoms with Crippen molar-refractivity contribution in [1.29, 1.82) is 0 Å². The van der Waals surface area contributed by atoms with E-state index in [0.717, 1.165) is 24.9 Å². The van der Waals surface area contributed by atoms with Gasteiger partial charge in [-0.25, -0.2) is 4.79 Å². The van der Waals surface area contributed by atoms with Crippen LogP contribution in [0.1, 0.15) is 24.8 Å². The maximum atomic E-state index is 12.4. The van der Waals surface area contributed by atoms with Crippen molar-refractivity contribution in [3.05, 3.63) is 48.0 Å². The SMILES string of the molecule is NC(=O)C[C@@H]1CCCN(C(=O)NCc2ccc3ccccc3c2)C1. The minimum absolute atomic E-state index is 0.0719. The van der Waals surface area contributed by atoms with Crippen molar-refractivity contribution in [2.75, 3.05) is 13.1 Å². The molecule has 3 N–H and O–H groups in total. The lowest BCUT2D eigenvalue weighted by atomic mass is 9.95. The van der Waals surface area contributed by atoms with Gasteiger partial charge in [0.15, 0.2) is 0 Å². The van der Waals surface area contributed by atoms with Crippen LogP contribution < -0.4 is 11.1 Å². The van der Waals surface area contributed by atoms with Crippen molar-refractivity contribution >= 4 is 22.7 Å². The van der Waals surface area contributed by atoms with Gasteiger partial charge >= 0.3 is 6.03 Å². The van der Waals surface area contributed by atoms with E-state index in [1.54, 1.807) is 4.90 Å². The summed E-state index contributed by atoms with van der Waals surface area (Å²) in [6.45, 7) is 1.84. The number of nitrogens with one attached hydrogen (secondary N) is 1. The molecule has 1 atom stereocenters.